The van der Waals surface area contributed by atoms with Crippen LogP contribution in [0.25, 0.3) is 0 Å². The fraction of sp³-hybridized carbons (Fsp3) is 0.667. The molecule has 2 saturated heterocycles. The average molecular weight is 368 g/mol. The molecular weight excluding hydrogens is 342 g/mol. The molecule has 1 aliphatic carbocycles. The normalized spacial score (nSPS) is 27.0. The van der Waals surface area contributed by atoms with E-state index in [1.807, 2.05) is 30.0 Å². The van der Waals surface area contributed by atoms with Gasteiger partial charge in [-0.25, -0.2) is 8.42 Å². The SMILES string of the molecule is O=S(=O)(c1ccc2c(c1)CCC2)N(CC1CCCO1)C1CCSC1. The van der Waals surface area contributed by atoms with Crippen molar-refractivity contribution in [3.63, 3.8) is 0 Å². The molecule has 2 atom stereocenters. The molecule has 4 nitrogen and oxygen atoms in total. The molecule has 1 aromatic rings. The highest BCUT2D eigenvalue weighted by atomic mass is 32.2. The minimum atomic E-state index is -3.45. The predicted molar refractivity (Wildman–Crippen MR) is 97.1 cm³/mol. The van der Waals surface area contributed by atoms with Gasteiger partial charge in [-0.1, -0.05) is 6.07 Å². The van der Waals surface area contributed by atoms with Gasteiger partial charge in [0.05, 0.1) is 11.0 Å². The van der Waals surface area contributed by atoms with E-state index in [1.54, 1.807) is 4.31 Å². The van der Waals surface area contributed by atoms with Crippen molar-refractivity contribution in [3.05, 3.63) is 29.3 Å². The number of benzene rings is 1. The Morgan fingerprint density at radius 3 is 2.79 bits per heavy atom. The van der Waals surface area contributed by atoms with Crippen LogP contribution < -0.4 is 0 Å². The summed E-state index contributed by atoms with van der Waals surface area (Å²) in [5.74, 6) is 1.95. The van der Waals surface area contributed by atoms with Crippen LogP contribution in [0.1, 0.15) is 36.8 Å². The van der Waals surface area contributed by atoms with E-state index in [4.69, 9.17) is 4.74 Å². The summed E-state index contributed by atoms with van der Waals surface area (Å²) in [5, 5.41) is 0. The molecule has 2 heterocycles. The summed E-state index contributed by atoms with van der Waals surface area (Å²) in [5.41, 5.74) is 2.53. The number of rotatable bonds is 5. The molecule has 2 unspecified atom stereocenters. The first kappa shape index (κ1) is 16.9. The quantitative estimate of drug-likeness (QED) is 0.803. The molecule has 6 heteroatoms. The van der Waals surface area contributed by atoms with Crippen LogP contribution >= 0.6 is 11.8 Å². The number of hydrogen-bond donors (Lipinski definition) is 0. The van der Waals surface area contributed by atoms with E-state index in [0.29, 0.717) is 11.4 Å². The Morgan fingerprint density at radius 1 is 1.17 bits per heavy atom. The minimum absolute atomic E-state index is 0.0554. The van der Waals surface area contributed by atoms with Crippen LogP contribution in [0.4, 0.5) is 0 Å². The van der Waals surface area contributed by atoms with E-state index >= 15 is 0 Å². The van der Waals surface area contributed by atoms with Crippen molar-refractivity contribution in [2.24, 2.45) is 0 Å². The standard InChI is InChI=1S/C18H25NO3S2/c20-24(21,18-7-6-14-3-1-4-15(14)11-18)19(16-8-10-23-13-16)12-17-5-2-9-22-17/h6-7,11,16-17H,1-5,8-10,12-13H2. The van der Waals surface area contributed by atoms with E-state index in [9.17, 15) is 8.42 Å². The van der Waals surface area contributed by atoms with Gasteiger partial charge >= 0.3 is 0 Å². The summed E-state index contributed by atoms with van der Waals surface area (Å²) in [7, 11) is -3.45. The molecule has 0 spiro atoms. The number of sulfonamides is 1. The Labute approximate surface area is 149 Å². The summed E-state index contributed by atoms with van der Waals surface area (Å²) in [6.45, 7) is 1.27. The van der Waals surface area contributed by atoms with Crippen molar-refractivity contribution < 1.29 is 13.2 Å². The lowest BCUT2D eigenvalue weighted by atomic mass is 10.1. The summed E-state index contributed by atoms with van der Waals surface area (Å²) in [6, 6.07) is 5.85. The molecule has 2 aliphatic heterocycles. The Balaban J connectivity index is 1.64. The van der Waals surface area contributed by atoms with Gasteiger partial charge in [0.15, 0.2) is 0 Å². The third kappa shape index (κ3) is 3.26. The van der Waals surface area contributed by atoms with E-state index in [-0.39, 0.29) is 12.1 Å². The molecule has 1 aromatic carbocycles. The molecule has 4 rings (SSSR count). The van der Waals surface area contributed by atoms with Crippen molar-refractivity contribution in [3.8, 4) is 0 Å². The van der Waals surface area contributed by atoms with Gasteiger partial charge in [0.1, 0.15) is 0 Å². The second-order valence-electron chi connectivity index (χ2n) is 7.01. The molecule has 0 bridgehead atoms. The zero-order valence-electron chi connectivity index (χ0n) is 13.9. The number of nitrogens with zero attached hydrogens (tertiary/aromatic N) is 1. The lowest BCUT2D eigenvalue weighted by molar-refractivity contribution is 0.0877. The highest BCUT2D eigenvalue weighted by Crippen LogP contribution is 2.31. The van der Waals surface area contributed by atoms with Gasteiger partial charge in [-0.05, 0) is 67.5 Å². The highest BCUT2D eigenvalue weighted by Gasteiger charge is 2.36. The van der Waals surface area contributed by atoms with Crippen LogP contribution in [0.5, 0.6) is 0 Å². The maximum atomic E-state index is 13.4. The Kier molecular flexibility index (Phi) is 4.91. The Hall–Kier alpha value is -0.560. The summed E-state index contributed by atoms with van der Waals surface area (Å²) in [4.78, 5) is 0.470. The first-order valence-corrected chi connectivity index (χ1v) is 11.6. The molecule has 0 saturated carbocycles. The summed E-state index contributed by atoms with van der Waals surface area (Å²) < 4.78 is 34.2. The zero-order valence-corrected chi connectivity index (χ0v) is 15.6. The first-order valence-electron chi connectivity index (χ1n) is 8.97. The predicted octanol–water partition coefficient (Wildman–Crippen LogP) is 2.85. The molecule has 2 fully saturated rings. The molecule has 0 aromatic heterocycles. The van der Waals surface area contributed by atoms with E-state index < -0.39 is 10.0 Å². The molecule has 0 radical (unpaired) electrons. The Bertz CT molecular complexity index is 692. The van der Waals surface area contributed by atoms with Gasteiger partial charge in [0.2, 0.25) is 10.0 Å². The summed E-state index contributed by atoms with van der Waals surface area (Å²) in [6.07, 6.45) is 6.23. The van der Waals surface area contributed by atoms with Crippen LogP contribution in [0.3, 0.4) is 0 Å². The summed E-state index contributed by atoms with van der Waals surface area (Å²) >= 11 is 1.85. The van der Waals surface area contributed by atoms with Crippen LogP contribution in [-0.4, -0.2) is 49.5 Å². The number of aryl methyl sites for hydroxylation is 2. The number of hydrogen-bond acceptors (Lipinski definition) is 4. The molecule has 0 N–H and O–H groups in total. The number of thioether (sulfide) groups is 1. The number of fused-ring (bicyclic) bond motifs is 1. The first-order chi connectivity index (χ1) is 11.6. The second-order valence-corrected chi connectivity index (χ2v) is 10.1. The van der Waals surface area contributed by atoms with Crippen molar-refractivity contribution in [1.82, 2.24) is 4.31 Å². The Morgan fingerprint density at radius 2 is 2.04 bits per heavy atom. The maximum Gasteiger partial charge on any atom is 0.243 e. The smallest absolute Gasteiger partial charge is 0.243 e. The third-order valence-corrected chi connectivity index (χ3v) is 8.46. The van der Waals surface area contributed by atoms with Gasteiger partial charge in [-0.2, -0.15) is 16.1 Å². The van der Waals surface area contributed by atoms with Gasteiger partial charge in [0, 0.05) is 24.9 Å². The topological polar surface area (TPSA) is 46.6 Å². The molecular formula is C18H25NO3S2. The fourth-order valence-corrected chi connectivity index (χ4v) is 7.08. The van der Waals surface area contributed by atoms with Crippen LogP contribution in [-0.2, 0) is 27.6 Å². The third-order valence-electron chi connectivity index (χ3n) is 5.40. The van der Waals surface area contributed by atoms with Crippen LogP contribution in [0.15, 0.2) is 23.1 Å². The van der Waals surface area contributed by atoms with Gasteiger partial charge in [0.25, 0.3) is 0 Å². The van der Waals surface area contributed by atoms with Crippen molar-refractivity contribution in [2.45, 2.75) is 55.6 Å². The van der Waals surface area contributed by atoms with Gasteiger partial charge < -0.3 is 4.74 Å². The van der Waals surface area contributed by atoms with Crippen LogP contribution in [0.2, 0.25) is 0 Å². The fourth-order valence-electron chi connectivity index (χ4n) is 4.03. The zero-order chi connectivity index (χ0) is 16.6. The lowest BCUT2D eigenvalue weighted by Gasteiger charge is -2.30. The molecule has 132 valence electrons. The largest absolute Gasteiger partial charge is 0.377 e. The average Bonchev–Trinajstić information content (AvgIpc) is 3.32. The molecule has 24 heavy (non-hydrogen) atoms. The lowest BCUT2D eigenvalue weighted by Crippen LogP contribution is -2.44. The van der Waals surface area contributed by atoms with E-state index in [0.717, 1.165) is 56.6 Å². The van der Waals surface area contributed by atoms with Crippen molar-refractivity contribution in [1.29, 1.82) is 0 Å². The van der Waals surface area contributed by atoms with Crippen LogP contribution in [0, 0.1) is 0 Å². The van der Waals surface area contributed by atoms with Crippen molar-refractivity contribution >= 4 is 21.8 Å². The minimum Gasteiger partial charge on any atom is -0.377 e. The molecule has 0 amide bonds. The molecule has 3 aliphatic rings. The monoisotopic (exact) mass is 367 g/mol. The van der Waals surface area contributed by atoms with Gasteiger partial charge in [-0.3, -0.25) is 0 Å². The van der Waals surface area contributed by atoms with Gasteiger partial charge in [-0.15, -0.1) is 0 Å². The maximum absolute atomic E-state index is 13.4. The van der Waals surface area contributed by atoms with E-state index in [1.165, 1.54) is 11.1 Å². The second kappa shape index (κ2) is 6.98. The van der Waals surface area contributed by atoms with Crippen molar-refractivity contribution in [2.75, 3.05) is 24.7 Å². The number of ether oxygens (including phenoxy) is 1. The highest BCUT2D eigenvalue weighted by molar-refractivity contribution is 7.99. The van der Waals surface area contributed by atoms with E-state index in [2.05, 4.69) is 0 Å².